The van der Waals surface area contributed by atoms with Crippen molar-refractivity contribution >= 4 is 29.2 Å². The van der Waals surface area contributed by atoms with E-state index in [9.17, 15) is 19.2 Å². The van der Waals surface area contributed by atoms with Crippen molar-refractivity contribution < 1.29 is 28.7 Å². The van der Waals surface area contributed by atoms with Crippen molar-refractivity contribution in [2.75, 3.05) is 5.32 Å². The summed E-state index contributed by atoms with van der Waals surface area (Å²) in [6.45, 7) is 2.91. The molecule has 0 unspecified atom stereocenters. The van der Waals surface area contributed by atoms with Crippen LogP contribution < -0.4 is 5.32 Å². The van der Waals surface area contributed by atoms with E-state index in [1.807, 2.05) is 0 Å². The number of ether oxygens (including phenoxy) is 2. The van der Waals surface area contributed by atoms with E-state index < -0.39 is 17.7 Å². The van der Waals surface area contributed by atoms with Crippen LogP contribution in [0.4, 0.5) is 5.69 Å². The molecule has 0 aromatic heterocycles. The second-order valence-corrected chi connectivity index (χ2v) is 6.85. The highest BCUT2D eigenvalue weighted by Gasteiger charge is 2.39. The van der Waals surface area contributed by atoms with Gasteiger partial charge in [0.1, 0.15) is 0 Å². The third-order valence-electron chi connectivity index (χ3n) is 4.43. The van der Waals surface area contributed by atoms with Crippen molar-refractivity contribution in [2.24, 2.45) is 0 Å². The lowest BCUT2D eigenvalue weighted by molar-refractivity contribution is -0.222. The Hall–Kier alpha value is -3.74. The predicted octanol–water partition coefficient (Wildman–Crippen LogP) is 2.59. The first-order chi connectivity index (χ1) is 13.3. The average Bonchev–Trinajstić information content (AvgIpc) is 2.64. The minimum atomic E-state index is -1.32. The molecule has 0 radical (unpaired) electrons. The van der Waals surface area contributed by atoms with Crippen molar-refractivity contribution in [3.8, 4) is 0 Å². The molecule has 4 rings (SSSR count). The monoisotopic (exact) mass is 377 g/mol. The largest absolute Gasteiger partial charge is 0.419 e. The smallest absolute Gasteiger partial charge is 0.350 e. The summed E-state index contributed by atoms with van der Waals surface area (Å²) in [5.41, 5.74) is 1.40. The lowest BCUT2D eigenvalue weighted by Gasteiger charge is -2.29. The molecular formula is C21H15NO6. The van der Waals surface area contributed by atoms with Crippen LogP contribution in [0.2, 0.25) is 0 Å². The molecule has 2 aliphatic rings. The van der Waals surface area contributed by atoms with Crippen LogP contribution in [0.3, 0.4) is 0 Å². The van der Waals surface area contributed by atoms with Crippen LogP contribution in [0.25, 0.3) is 0 Å². The zero-order chi connectivity index (χ0) is 20.1. The first kappa shape index (κ1) is 17.7. The zero-order valence-corrected chi connectivity index (χ0v) is 15.1. The maximum atomic E-state index is 12.7. The number of anilines is 1. The summed E-state index contributed by atoms with van der Waals surface area (Å²) in [7, 11) is 0. The number of nitrogens with one attached hydrogen (secondary N) is 1. The molecule has 140 valence electrons. The fraction of sp³-hybridized carbons (Fsp3) is 0.143. The summed E-state index contributed by atoms with van der Waals surface area (Å²) in [4.78, 5) is 49.3. The maximum absolute atomic E-state index is 12.7. The van der Waals surface area contributed by atoms with Crippen LogP contribution in [-0.4, -0.2) is 29.3 Å². The Kier molecular flexibility index (Phi) is 3.88. The molecule has 28 heavy (non-hydrogen) atoms. The molecule has 0 saturated carbocycles. The molecule has 1 saturated heterocycles. The highest BCUT2D eigenvalue weighted by molar-refractivity contribution is 6.28. The van der Waals surface area contributed by atoms with Gasteiger partial charge in [-0.1, -0.05) is 24.3 Å². The van der Waals surface area contributed by atoms with Gasteiger partial charge in [0.25, 0.3) is 5.79 Å². The molecule has 0 spiro atoms. The number of carbonyl (C=O) groups is 4. The molecule has 1 N–H and O–H groups in total. The number of hydrogen-bond acceptors (Lipinski definition) is 7. The Morgan fingerprint density at radius 3 is 1.93 bits per heavy atom. The molecule has 0 bridgehead atoms. The number of esters is 2. The number of benzene rings is 2. The first-order valence-corrected chi connectivity index (χ1v) is 8.53. The fourth-order valence-corrected chi connectivity index (χ4v) is 3.12. The minimum absolute atomic E-state index is 0.225. The quantitative estimate of drug-likeness (QED) is 0.416. The van der Waals surface area contributed by atoms with Crippen LogP contribution in [0.15, 0.2) is 54.2 Å². The summed E-state index contributed by atoms with van der Waals surface area (Å²) in [6.07, 6.45) is 1.16. The normalized spacial score (nSPS) is 17.3. The number of hydrogen-bond donors (Lipinski definition) is 1. The number of ketones is 2. The van der Waals surface area contributed by atoms with Gasteiger partial charge in [-0.25, -0.2) is 9.59 Å². The van der Waals surface area contributed by atoms with Crippen molar-refractivity contribution in [2.45, 2.75) is 19.6 Å². The Morgan fingerprint density at radius 1 is 0.786 bits per heavy atom. The topological polar surface area (TPSA) is 98.8 Å². The second kappa shape index (κ2) is 6.16. The van der Waals surface area contributed by atoms with Gasteiger partial charge in [-0.2, -0.15) is 0 Å². The van der Waals surface area contributed by atoms with E-state index in [-0.39, 0.29) is 22.7 Å². The second-order valence-electron chi connectivity index (χ2n) is 6.85. The first-order valence-electron chi connectivity index (χ1n) is 8.53. The molecule has 0 amide bonds. The van der Waals surface area contributed by atoms with Gasteiger partial charge >= 0.3 is 11.9 Å². The molecule has 1 aliphatic carbocycles. The number of carbonyl (C=O) groups excluding carboxylic acids is 4. The third-order valence-corrected chi connectivity index (χ3v) is 4.43. The Labute approximate surface area is 159 Å². The molecule has 1 aliphatic heterocycles. The molecule has 7 heteroatoms. The molecule has 1 fully saturated rings. The molecule has 7 nitrogen and oxygen atoms in total. The van der Waals surface area contributed by atoms with E-state index in [1.54, 1.807) is 30.3 Å². The van der Waals surface area contributed by atoms with E-state index in [2.05, 4.69) is 5.32 Å². The number of cyclic esters (lactones) is 2. The lowest BCUT2D eigenvalue weighted by Crippen LogP contribution is -2.42. The van der Waals surface area contributed by atoms with Crippen molar-refractivity contribution in [3.05, 3.63) is 76.5 Å². The van der Waals surface area contributed by atoms with Gasteiger partial charge in [-0.3, -0.25) is 9.59 Å². The lowest BCUT2D eigenvalue weighted by atomic mass is 9.84. The van der Waals surface area contributed by atoms with Gasteiger partial charge in [-0.05, 0) is 18.2 Å². The van der Waals surface area contributed by atoms with Crippen LogP contribution in [0.1, 0.15) is 45.7 Å². The van der Waals surface area contributed by atoms with Crippen LogP contribution >= 0.6 is 0 Å². The van der Waals surface area contributed by atoms with E-state index in [0.29, 0.717) is 22.4 Å². The van der Waals surface area contributed by atoms with Crippen molar-refractivity contribution in [3.63, 3.8) is 0 Å². The molecule has 1 heterocycles. The summed E-state index contributed by atoms with van der Waals surface area (Å²) < 4.78 is 10.0. The van der Waals surface area contributed by atoms with Crippen molar-refractivity contribution in [1.29, 1.82) is 0 Å². The summed E-state index contributed by atoms with van der Waals surface area (Å²) in [5, 5.41) is 2.78. The standard InChI is InChI=1S/C21H15NO6/c1-21(2)27-19(25)16(20(26)28-21)10-22-11-7-8-14-15(9-11)18(24)13-6-4-3-5-12(13)17(14)23/h3-10,22H,1-2H3. The fourth-order valence-electron chi connectivity index (χ4n) is 3.12. The van der Waals surface area contributed by atoms with E-state index in [4.69, 9.17) is 9.47 Å². The van der Waals surface area contributed by atoms with Gasteiger partial charge in [0.15, 0.2) is 17.1 Å². The molecule has 2 aromatic carbocycles. The van der Waals surface area contributed by atoms with Crippen LogP contribution in [0, 0.1) is 0 Å². The number of fused-ring (bicyclic) bond motifs is 2. The van der Waals surface area contributed by atoms with E-state index in [1.165, 1.54) is 26.0 Å². The number of rotatable bonds is 2. The van der Waals surface area contributed by atoms with Gasteiger partial charge in [0.2, 0.25) is 0 Å². The van der Waals surface area contributed by atoms with Gasteiger partial charge in [0.05, 0.1) is 0 Å². The van der Waals surface area contributed by atoms with Crippen LogP contribution in [0.5, 0.6) is 0 Å². The van der Waals surface area contributed by atoms with Crippen LogP contribution in [-0.2, 0) is 19.1 Å². The van der Waals surface area contributed by atoms with E-state index >= 15 is 0 Å². The summed E-state index contributed by atoms with van der Waals surface area (Å²) in [5.74, 6) is -3.44. The highest BCUT2D eigenvalue weighted by Crippen LogP contribution is 2.29. The zero-order valence-electron chi connectivity index (χ0n) is 15.1. The Morgan fingerprint density at radius 2 is 1.32 bits per heavy atom. The SMILES string of the molecule is CC1(C)OC(=O)C(=CNc2ccc3c(c2)C(=O)c2ccccc2C3=O)C(=O)O1. The summed E-state index contributed by atoms with van der Waals surface area (Å²) >= 11 is 0. The predicted molar refractivity (Wildman–Crippen MR) is 97.7 cm³/mol. The maximum Gasteiger partial charge on any atom is 0.350 e. The molecule has 2 aromatic rings. The summed E-state index contributed by atoms with van der Waals surface area (Å²) in [6, 6.07) is 11.3. The Bertz CT molecular complexity index is 1070. The van der Waals surface area contributed by atoms with E-state index in [0.717, 1.165) is 6.20 Å². The van der Waals surface area contributed by atoms with Gasteiger partial charge < -0.3 is 14.8 Å². The molecular weight excluding hydrogens is 362 g/mol. The third kappa shape index (κ3) is 2.87. The Balaban J connectivity index is 1.64. The van der Waals surface area contributed by atoms with Gasteiger partial charge in [0, 0.05) is 48.0 Å². The average molecular weight is 377 g/mol. The minimum Gasteiger partial charge on any atom is -0.419 e. The molecule has 0 atom stereocenters. The highest BCUT2D eigenvalue weighted by atomic mass is 16.7. The van der Waals surface area contributed by atoms with Crippen molar-refractivity contribution in [1.82, 2.24) is 0 Å². The van der Waals surface area contributed by atoms with Gasteiger partial charge in [-0.15, -0.1) is 0 Å².